The van der Waals surface area contributed by atoms with Crippen LogP contribution >= 0.6 is 0 Å². The van der Waals surface area contributed by atoms with Crippen LogP contribution in [0.15, 0.2) is 58.6 Å². The first-order valence-electron chi connectivity index (χ1n) is 12.0. The Hall–Kier alpha value is -4.65. The summed E-state index contributed by atoms with van der Waals surface area (Å²) < 4.78 is 0. The van der Waals surface area contributed by atoms with Crippen LogP contribution in [0.4, 0.5) is 5.95 Å². The third kappa shape index (κ3) is 7.67. The van der Waals surface area contributed by atoms with Crippen molar-refractivity contribution >= 4 is 23.8 Å². The topological polar surface area (TPSA) is 163 Å². The first kappa shape index (κ1) is 27.9. The molecule has 0 saturated heterocycles. The summed E-state index contributed by atoms with van der Waals surface area (Å²) in [5.41, 5.74) is 3.21. The van der Waals surface area contributed by atoms with Gasteiger partial charge in [0.1, 0.15) is 5.71 Å². The summed E-state index contributed by atoms with van der Waals surface area (Å²) in [7, 11) is 0. The standard InChI is InChI=1S/C28H32N8O2/c1-27(2,3)24-11-7-10-20(32-24)16-31-17-23(36-30)22-13-21(19-9-6-8-18(12-19)15-29)33-26(34-22)35-28(4,5)14-25(37)38/h6-13,17H,14,16,30H2,1-5H3,(H,37,38)(H,33,34,35)/b31-17?,36-23+. The maximum Gasteiger partial charge on any atom is 0.305 e. The summed E-state index contributed by atoms with van der Waals surface area (Å²) in [6.45, 7) is 10.1. The van der Waals surface area contributed by atoms with E-state index in [-0.39, 0.29) is 17.8 Å². The molecule has 0 atom stereocenters. The molecule has 0 aliphatic carbocycles. The molecule has 0 radical (unpaired) electrons. The molecule has 196 valence electrons. The summed E-state index contributed by atoms with van der Waals surface area (Å²) in [5, 5.41) is 25.6. The van der Waals surface area contributed by atoms with Crippen LogP contribution in [0.1, 0.15) is 63.7 Å². The smallest absolute Gasteiger partial charge is 0.305 e. The van der Waals surface area contributed by atoms with Crippen molar-refractivity contribution in [3.05, 3.63) is 71.2 Å². The number of pyridine rings is 1. The first-order chi connectivity index (χ1) is 17.9. The Kier molecular flexibility index (Phi) is 8.53. The number of benzene rings is 1. The Morgan fingerprint density at radius 3 is 2.50 bits per heavy atom. The van der Waals surface area contributed by atoms with Crippen LogP contribution in [0, 0.1) is 11.3 Å². The lowest BCUT2D eigenvalue weighted by molar-refractivity contribution is -0.137. The van der Waals surface area contributed by atoms with Crippen LogP contribution in [0.25, 0.3) is 11.3 Å². The van der Waals surface area contributed by atoms with Crippen molar-refractivity contribution in [2.75, 3.05) is 5.32 Å². The number of nitriles is 1. The third-order valence-corrected chi connectivity index (χ3v) is 5.50. The van der Waals surface area contributed by atoms with Gasteiger partial charge in [0.2, 0.25) is 5.95 Å². The van der Waals surface area contributed by atoms with Gasteiger partial charge in [0, 0.05) is 22.2 Å². The molecule has 2 heterocycles. The minimum absolute atomic E-state index is 0.0817. The SMILES string of the molecule is CC(C)(CC(=O)O)Nc1nc(/C(C=NCc2cccc(C(C)(C)C)n2)=N/N)cc(-c2cccc(C#N)c2)n1. The summed E-state index contributed by atoms with van der Waals surface area (Å²) in [4.78, 5) is 29.6. The van der Waals surface area contributed by atoms with E-state index >= 15 is 0 Å². The van der Waals surface area contributed by atoms with E-state index in [9.17, 15) is 15.2 Å². The summed E-state index contributed by atoms with van der Waals surface area (Å²) in [6, 6.07) is 16.7. The molecule has 10 nitrogen and oxygen atoms in total. The van der Waals surface area contributed by atoms with Crippen molar-refractivity contribution in [3.63, 3.8) is 0 Å². The Morgan fingerprint density at radius 2 is 1.84 bits per heavy atom. The molecule has 0 spiro atoms. The molecule has 3 rings (SSSR count). The van der Waals surface area contributed by atoms with Crippen LogP contribution in [0.5, 0.6) is 0 Å². The number of carboxylic acids is 1. The van der Waals surface area contributed by atoms with E-state index in [1.54, 1.807) is 38.1 Å². The highest BCUT2D eigenvalue weighted by molar-refractivity contribution is 6.37. The van der Waals surface area contributed by atoms with Crippen LogP contribution in [0.2, 0.25) is 0 Å². The van der Waals surface area contributed by atoms with Gasteiger partial charge in [0.25, 0.3) is 0 Å². The molecule has 1 aromatic carbocycles. The van der Waals surface area contributed by atoms with Crippen LogP contribution in [-0.4, -0.2) is 43.5 Å². The van der Waals surface area contributed by atoms with Crippen molar-refractivity contribution < 1.29 is 9.90 Å². The minimum Gasteiger partial charge on any atom is -0.481 e. The average molecular weight is 513 g/mol. The molecule has 0 aliphatic heterocycles. The molecule has 0 unspecified atom stereocenters. The number of nitrogens with zero attached hydrogens (tertiary/aromatic N) is 6. The van der Waals surface area contributed by atoms with Gasteiger partial charge in [-0.15, -0.1) is 0 Å². The molecule has 0 aliphatic rings. The highest BCUT2D eigenvalue weighted by Gasteiger charge is 2.23. The van der Waals surface area contributed by atoms with E-state index in [4.69, 9.17) is 10.8 Å². The lowest BCUT2D eigenvalue weighted by Gasteiger charge is -2.24. The number of hydrogen-bond donors (Lipinski definition) is 3. The highest BCUT2D eigenvalue weighted by atomic mass is 16.4. The third-order valence-electron chi connectivity index (χ3n) is 5.50. The van der Waals surface area contributed by atoms with Gasteiger partial charge < -0.3 is 16.3 Å². The predicted molar refractivity (Wildman–Crippen MR) is 148 cm³/mol. The quantitative estimate of drug-likeness (QED) is 0.217. The molecule has 4 N–H and O–H groups in total. The Morgan fingerprint density at radius 1 is 1.11 bits per heavy atom. The van der Waals surface area contributed by atoms with Crippen molar-refractivity contribution in [1.82, 2.24) is 15.0 Å². The highest BCUT2D eigenvalue weighted by Crippen LogP contribution is 2.23. The van der Waals surface area contributed by atoms with Gasteiger partial charge in [-0.3, -0.25) is 14.8 Å². The number of hydrogen-bond acceptors (Lipinski definition) is 9. The van der Waals surface area contributed by atoms with Gasteiger partial charge in [-0.2, -0.15) is 10.4 Å². The van der Waals surface area contributed by atoms with Gasteiger partial charge in [0.15, 0.2) is 0 Å². The van der Waals surface area contributed by atoms with Gasteiger partial charge in [-0.25, -0.2) is 9.97 Å². The van der Waals surface area contributed by atoms with E-state index < -0.39 is 11.5 Å². The second-order valence-corrected chi connectivity index (χ2v) is 10.5. The number of nitrogens with two attached hydrogens (primary N) is 1. The largest absolute Gasteiger partial charge is 0.481 e. The van der Waals surface area contributed by atoms with Gasteiger partial charge >= 0.3 is 5.97 Å². The zero-order chi connectivity index (χ0) is 27.9. The number of nitrogens with one attached hydrogen (secondary N) is 1. The van der Waals surface area contributed by atoms with Crippen LogP contribution in [-0.2, 0) is 16.8 Å². The van der Waals surface area contributed by atoms with Crippen molar-refractivity contribution in [2.24, 2.45) is 15.9 Å². The number of carbonyl (C=O) groups is 1. The number of hydrazone groups is 1. The van der Waals surface area contributed by atoms with E-state index in [1.807, 2.05) is 24.3 Å². The zero-order valence-corrected chi connectivity index (χ0v) is 22.2. The molecule has 0 saturated carbocycles. The monoisotopic (exact) mass is 512 g/mol. The maximum atomic E-state index is 11.3. The second kappa shape index (κ2) is 11.6. The normalized spacial score (nSPS) is 12.4. The Bertz CT molecular complexity index is 1410. The minimum atomic E-state index is -0.957. The van der Waals surface area contributed by atoms with Crippen molar-refractivity contribution in [2.45, 2.75) is 58.5 Å². The average Bonchev–Trinajstić information content (AvgIpc) is 2.85. The molecule has 38 heavy (non-hydrogen) atoms. The summed E-state index contributed by atoms with van der Waals surface area (Å²) >= 11 is 0. The number of carboxylic acid groups (broad SMARTS) is 1. The zero-order valence-electron chi connectivity index (χ0n) is 22.2. The molecule has 10 heteroatoms. The lowest BCUT2D eigenvalue weighted by atomic mass is 9.91. The fraction of sp³-hybridized carbons (Fsp3) is 0.321. The van der Waals surface area contributed by atoms with E-state index in [0.29, 0.717) is 34.8 Å². The predicted octanol–water partition coefficient (Wildman–Crippen LogP) is 4.31. The number of aliphatic imine (C=N–C) groups is 1. The molecule has 0 amide bonds. The first-order valence-corrected chi connectivity index (χ1v) is 12.0. The number of anilines is 1. The fourth-order valence-corrected chi connectivity index (χ4v) is 3.63. The molecule has 2 aromatic heterocycles. The molecule has 0 fully saturated rings. The van der Waals surface area contributed by atoms with Crippen LogP contribution in [0.3, 0.4) is 0 Å². The maximum absolute atomic E-state index is 11.3. The van der Waals surface area contributed by atoms with Gasteiger partial charge in [-0.1, -0.05) is 39.0 Å². The number of aromatic nitrogens is 3. The Balaban J connectivity index is 1.97. The molecular weight excluding hydrogens is 480 g/mol. The molecular formula is C28H32N8O2. The van der Waals surface area contributed by atoms with E-state index in [2.05, 4.69) is 52.2 Å². The summed E-state index contributed by atoms with van der Waals surface area (Å²) in [6.07, 6.45) is 1.37. The van der Waals surface area contributed by atoms with E-state index in [0.717, 1.165) is 11.4 Å². The molecule has 0 bridgehead atoms. The van der Waals surface area contributed by atoms with Gasteiger partial charge in [-0.05, 0) is 44.2 Å². The molecule has 3 aromatic rings. The summed E-state index contributed by atoms with van der Waals surface area (Å²) in [5.74, 6) is 4.96. The van der Waals surface area contributed by atoms with Crippen molar-refractivity contribution in [3.8, 4) is 17.3 Å². The van der Waals surface area contributed by atoms with E-state index in [1.165, 1.54) is 6.21 Å². The Labute approximate surface area is 222 Å². The fourth-order valence-electron chi connectivity index (χ4n) is 3.63. The number of aliphatic carboxylic acids is 1. The second-order valence-electron chi connectivity index (χ2n) is 10.5. The number of rotatable bonds is 9. The van der Waals surface area contributed by atoms with Gasteiger partial charge in [0.05, 0.1) is 47.9 Å². The lowest BCUT2D eigenvalue weighted by Crippen LogP contribution is -2.34. The van der Waals surface area contributed by atoms with Crippen molar-refractivity contribution in [1.29, 1.82) is 5.26 Å². The van der Waals surface area contributed by atoms with Crippen LogP contribution < -0.4 is 11.2 Å².